The number of rotatable bonds is 3. The molecule has 67 heavy (non-hydrogen) atoms. The number of hydrogen-bond donors (Lipinski definition) is 0. The summed E-state index contributed by atoms with van der Waals surface area (Å²) < 4.78 is 9.22. The number of thiophene rings is 1. The highest BCUT2D eigenvalue weighted by molar-refractivity contribution is 7.26. The molecular formula is C61H52BN3OS. The molecule has 326 valence electrons. The molecule has 0 radical (unpaired) electrons. The maximum atomic E-state index is 6.60. The predicted octanol–water partition coefficient (Wildman–Crippen LogP) is 15.4. The molecule has 2 aromatic heterocycles. The summed E-state index contributed by atoms with van der Waals surface area (Å²) in [6.45, 7) is 14.4. The van der Waals surface area contributed by atoms with Gasteiger partial charge < -0.3 is 19.1 Å². The molecule has 14 rings (SSSR count). The Balaban J connectivity index is 1.07. The molecule has 5 heterocycles. The van der Waals surface area contributed by atoms with Crippen LogP contribution in [0.5, 0.6) is 0 Å². The maximum Gasteiger partial charge on any atom is 0.252 e. The second-order valence-electron chi connectivity index (χ2n) is 21.3. The van der Waals surface area contributed by atoms with E-state index in [1.165, 1.54) is 112 Å². The summed E-state index contributed by atoms with van der Waals surface area (Å²) in [7, 11) is 0. The van der Waals surface area contributed by atoms with Crippen LogP contribution in [0.3, 0.4) is 0 Å². The first-order valence-electron chi connectivity index (χ1n) is 24.2. The normalized spacial score (nSPS) is 19.6. The van der Waals surface area contributed by atoms with Crippen LogP contribution in [0.15, 0.2) is 162 Å². The second-order valence-corrected chi connectivity index (χ2v) is 22.3. The minimum absolute atomic E-state index is 0.00242. The van der Waals surface area contributed by atoms with Crippen molar-refractivity contribution in [3.63, 3.8) is 0 Å². The minimum atomic E-state index is -0.0592. The molecule has 0 N–H and O–H groups in total. The smallest absolute Gasteiger partial charge is 0.252 e. The van der Waals surface area contributed by atoms with Crippen LogP contribution in [0.1, 0.15) is 77.0 Å². The van der Waals surface area contributed by atoms with E-state index in [1.54, 1.807) is 0 Å². The Kier molecular flexibility index (Phi) is 8.04. The van der Waals surface area contributed by atoms with Crippen molar-refractivity contribution in [1.29, 1.82) is 0 Å². The Morgan fingerprint density at radius 3 is 2.13 bits per heavy atom. The van der Waals surface area contributed by atoms with Gasteiger partial charge in [0.1, 0.15) is 11.2 Å². The van der Waals surface area contributed by atoms with Crippen molar-refractivity contribution < 1.29 is 4.42 Å². The number of para-hydroxylation sites is 2. The highest BCUT2D eigenvalue weighted by Gasteiger charge is 2.58. The van der Waals surface area contributed by atoms with E-state index in [9.17, 15) is 0 Å². The van der Waals surface area contributed by atoms with Crippen LogP contribution >= 0.6 is 11.3 Å². The highest BCUT2D eigenvalue weighted by atomic mass is 32.1. The summed E-state index contributed by atoms with van der Waals surface area (Å²) in [6, 6.07) is 60.1. The lowest BCUT2D eigenvalue weighted by Crippen LogP contribution is -2.61. The highest BCUT2D eigenvalue weighted by Crippen LogP contribution is 2.61. The van der Waals surface area contributed by atoms with Gasteiger partial charge in [-0.15, -0.1) is 11.3 Å². The van der Waals surface area contributed by atoms with E-state index < -0.39 is 0 Å². The average molecular weight is 886 g/mol. The van der Waals surface area contributed by atoms with Gasteiger partial charge in [-0.05, 0) is 132 Å². The van der Waals surface area contributed by atoms with Gasteiger partial charge >= 0.3 is 0 Å². The molecule has 6 heteroatoms. The fraction of sp³-hybridized carbons (Fsp3) is 0.213. The fourth-order valence-corrected chi connectivity index (χ4v) is 14.3. The third-order valence-electron chi connectivity index (χ3n) is 16.6. The molecule has 2 atom stereocenters. The molecule has 10 aromatic rings. The van der Waals surface area contributed by atoms with Gasteiger partial charge in [0, 0.05) is 77.5 Å². The Labute approximate surface area is 397 Å². The molecule has 0 amide bonds. The van der Waals surface area contributed by atoms with E-state index in [0.717, 1.165) is 34.0 Å². The van der Waals surface area contributed by atoms with E-state index in [-0.39, 0.29) is 23.1 Å². The van der Waals surface area contributed by atoms with Gasteiger partial charge in [-0.25, -0.2) is 0 Å². The van der Waals surface area contributed by atoms with Crippen molar-refractivity contribution in [3.8, 4) is 0 Å². The van der Waals surface area contributed by atoms with Crippen LogP contribution in [-0.2, 0) is 10.8 Å². The summed E-state index contributed by atoms with van der Waals surface area (Å²) in [4.78, 5) is 7.93. The van der Waals surface area contributed by atoms with Gasteiger partial charge in [0.15, 0.2) is 0 Å². The van der Waals surface area contributed by atoms with Gasteiger partial charge in [-0.1, -0.05) is 125 Å². The van der Waals surface area contributed by atoms with Crippen molar-refractivity contribution in [2.75, 3.05) is 14.7 Å². The molecule has 1 fully saturated rings. The van der Waals surface area contributed by atoms with Crippen molar-refractivity contribution in [1.82, 2.24) is 0 Å². The third kappa shape index (κ3) is 5.31. The van der Waals surface area contributed by atoms with E-state index in [2.05, 4.69) is 214 Å². The van der Waals surface area contributed by atoms with Crippen LogP contribution in [0, 0.1) is 6.92 Å². The lowest BCUT2D eigenvalue weighted by molar-refractivity contribution is 0.195. The number of nitrogens with zero attached hydrogens (tertiary/aromatic N) is 3. The Hall–Kier alpha value is -6.76. The number of furan rings is 1. The summed E-state index contributed by atoms with van der Waals surface area (Å²) in [5.74, 6) is 0. The van der Waals surface area contributed by atoms with Crippen LogP contribution in [-0.4, -0.2) is 12.3 Å². The SMILES string of the molecule is Cc1cc2c3c(c1)N(c1cccc4c1sc1ccccc14)c1cc(N4c5ccccc5C5(C)CCCCC45C)ccc1B3c1cc(C(C)(C)C)ccc1N2c1ccc2c(c1)oc1ccccc12. The first-order chi connectivity index (χ1) is 32.5. The summed E-state index contributed by atoms with van der Waals surface area (Å²) in [5.41, 5.74) is 19.7. The first-order valence-corrected chi connectivity index (χ1v) is 25.1. The Bertz CT molecular complexity index is 3750. The largest absolute Gasteiger partial charge is 0.456 e. The number of benzene rings is 8. The molecule has 0 bridgehead atoms. The minimum Gasteiger partial charge on any atom is -0.456 e. The third-order valence-corrected chi connectivity index (χ3v) is 17.8. The van der Waals surface area contributed by atoms with Crippen molar-refractivity contribution in [3.05, 3.63) is 174 Å². The van der Waals surface area contributed by atoms with Gasteiger partial charge in [0.25, 0.3) is 6.71 Å². The Morgan fingerprint density at radius 1 is 0.552 bits per heavy atom. The molecule has 4 nitrogen and oxygen atoms in total. The summed E-state index contributed by atoms with van der Waals surface area (Å²) in [5, 5.41) is 4.90. The fourth-order valence-electron chi connectivity index (χ4n) is 13.1. The number of aryl methyl sites for hydroxylation is 1. The lowest BCUT2D eigenvalue weighted by Gasteiger charge is -2.50. The number of anilines is 8. The molecule has 0 spiro atoms. The summed E-state index contributed by atoms with van der Waals surface area (Å²) >= 11 is 1.91. The summed E-state index contributed by atoms with van der Waals surface area (Å²) in [6.07, 6.45) is 4.87. The molecular weight excluding hydrogens is 834 g/mol. The monoisotopic (exact) mass is 885 g/mol. The topological polar surface area (TPSA) is 22.9 Å². The zero-order chi connectivity index (χ0) is 45.1. The van der Waals surface area contributed by atoms with Crippen LogP contribution in [0.25, 0.3) is 42.1 Å². The quantitative estimate of drug-likeness (QED) is 0.165. The van der Waals surface area contributed by atoms with Crippen LogP contribution < -0.4 is 31.1 Å². The molecule has 2 unspecified atom stereocenters. The second kappa shape index (κ2) is 13.7. The predicted molar refractivity (Wildman–Crippen MR) is 287 cm³/mol. The van der Waals surface area contributed by atoms with Gasteiger partial charge in [0.05, 0.1) is 15.9 Å². The van der Waals surface area contributed by atoms with Gasteiger partial charge in [-0.2, -0.15) is 0 Å². The molecule has 1 saturated carbocycles. The zero-order valence-corrected chi connectivity index (χ0v) is 39.9. The van der Waals surface area contributed by atoms with Crippen LogP contribution in [0.2, 0.25) is 0 Å². The van der Waals surface area contributed by atoms with Crippen molar-refractivity contribution >= 4 is 122 Å². The van der Waals surface area contributed by atoms with Crippen LogP contribution in [0.4, 0.5) is 45.5 Å². The van der Waals surface area contributed by atoms with Crippen molar-refractivity contribution in [2.24, 2.45) is 0 Å². The van der Waals surface area contributed by atoms with E-state index in [0.29, 0.717) is 0 Å². The molecule has 0 saturated heterocycles. The Morgan fingerprint density at radius 2 is 1.27 bits per heavy atom. The lowest BCUT2D eigenvalue weighted by atomic mass is 9.33. The maximum absolute atomic E-state index is 6.60. The molecule has 3 aliphatic heterocycles. The van der Waals surface area contributed by atoms with Gasteiger partial charge in [0.2, 0.25) is 0 Å². The molecule has 1 aliphatic carbocycles. The molecule has 4 aliphatic rings. The van der Waals surface area contributed by atoms with Crippen molar-refractivity contribution in [2.45, 2.75) is 83.6 Å². The van der Waals surface area contributed by atoms with E-state index in [1.807, 2.05) is 11.3 Å². The standard InChI is InChI=1S/C61H52BN3OS/c1-37-32-52-57-53(33-37)64(50-21-15-18-44-43-17-8-12-23-56(43)67-58(44)50)51-35-40(65-48-20-10-9-19-45(48)60(5)30-13-14-31-61(60,65)6)26-28-46(51)62(57)47-34-38(59(2,3)4)24-29-49(47)63(52)39-25-27-42-41-16-7-11-22-54(41)66-55(42)36-39/h7-12,15-29,32-36H,13-14,30-31H2,1-6H3. The van der Waals surface area contributed by atoms with E-state index in [4.69, 9.17) is 4.42 Å². The van der Waals surface area contributed by atoms with E-state index >= 15 is 0 Å². The number of hydrogen-bond acceptors (Lipinski definition) is 5. The van der Waals surface area contributed by atoms with Gasteiger partial charge in [-0.3, -0.25) is 0 Å². The first kappa shape index (κ1) is 39.4. The number of fused-ring (bicyclic) bond motifs is 13. The molecule has 8 aromatic carbocycles. The zero-order valence-electron chi connectivity index (χ0n) is 39.1. The average Bonchev–Trinajstić information content (AvgIpc) is 3.96.